The topological polar surface area (TPSA) is 149 Å². The molecule has 0 radical (unpaired) electrons. The van der Waals surface area contributed by atoms with Crippen molar-refractivity contribution in [2.75, 3.05) is 13.2 Å². The van der Waals surface area contributed by atoms with Gasteiger partial charge in [0, 0.05) is 6.42 Å². The molecule has 0 aromatic heterocycles. The van der Waals surface area contributed by atoms with Gasteiger partial charge in [0.2, 0.25) is 5.91 Å². The summed E-state index contributed by atoms with van der Waals surface area (Å²) in [5.41, 5.74) is 0. The van der Waals surface area contributed by atoms with Gasteiger partial charge in [-0.05, 0) is 38.5 Å². The van der Waals surface area contributed by atoms with Gasteiger partial charge in [0.15, 0.2) is 6.29 Å². The van der Waals surface area contributed by atoms with E-state index in [1.807, 2.05) is 0 Å². The third-order valence-corrected chi connectivity index (χ3v) is 10.9. The molecule has 1 fully saturated rings. The van der Waals surface area contributed by atoms with Crippen LogP contribution in [0.15, 0.2) is 12.2 Å². The smallest absolute Gasteiger partial charge is 0.220 e. The van der Waals surface area contributed by atoms with Crippen LogP contribution >= 0.6 is 0 Å². The molecule has 314 valence electrons. The summed E-state index contributed by atoms with van der Waals surface area (Å²) >= 11 is 0. The maximum atomic E-state index is 12.9. The van der Waals surface area contributed by atoms with Gasteiger partial charge in [-0.25, -0.2) is 0 Å². The van der Waals surface area contributed by atoms with E-state index < -0.39 is 49.5 Å². The van der Waals surface area contributed by atoms with E-state index in [0.29, 0.717) is 12.8 Å². The molecule has 9 nitrogen and oxygen atoms in total. The lowest BCUT2D eigenvalue weighted by Gasteiger charge is -2.40. The highest BCUT2D eigenvalue weighted by molar-refractivity contribution is 5.76. The molecule has 1 heterocycles. The molecule has 0 aromatic rings. The van der Waals surface area contributed by atoms with Crippen molar-refractivity contribution in [1.29, 1.82) is 0 Å². The van der Waals surface area contributed by atoms with Gasteiger partial charge in [0.05, 0.1) is 25.4 Å². The van der Waals surface area contributed by atoms with Gasteiger partial charge in [-0.3, -0.25) is 4.79 Å². The van der Waals surface area contributed by atoms with Gasteiger partial charge in [-0.15, -0.1) is 0 Å². The molecule has 0 saturated carbocycles. The molecular weight excluding hydrogens is 670 g/mol. The maximum Gasteiger partial charge on any atom is 0.220 e. The number of carbonyl (C=O) groups excluding carboxylic acids is 1. The predicted octanol–water partition coefficient (Wildman–Crippen LogP) is 8.95. The van der Waals surface area contributed by atoms with E-state index in [4.69, 9.17) is 9.47 Å². The molecule has 7 atom stereocenters. The number of unbranched alkanes of at least 4 members (excludes halogenated alkanes) is 25. The molecule has 9 heteroatoms. The van der Waals surface area contributed by atoms with E-state index in [9.17, 15) is 30.3 Å². The number of ether oxygens (including phenoxy) is 2. The molecule has 0 aromatic carbocycles. The molecule has 0 aliphatic carbocycles. The number of rotatable bonds is 37. The minimum atomic E-state index is -1.55. The first kappa shape index (κ1) is 49.9. The van der Waals surface area contributed by atoms with E-state index in [1.165, 1.54) is 128 Å². The number of nitrogens with one attached hydrogen (secondary N) is 1. The first-order valence-electron chi connectivity index (χ1n) is 22.4. The van der Waals surface area contributed by atoms with E-state index in [-0.39, 0.29) is 12.5 Å². The fourth-order valence-electron chi connectivity index (χ4n) is 7.21. The van der Waals surface area contributed by atoms with Crippen molar-refractivity contribution in [3.05, 3.63) is 12.2 Å². The van der Waals surface area contributed by atoms with Gasteiger partial charge < -0.3 is 40.3 Å². The third-order valence-electron chi connectivity index (χ3n) is 10.9. The van der Waals surface area contributed by atoms with Gasteiger partial charge in [0.25, 0.3) is 0 Å². The Morgan fingerprint density at radius 2 is 1.06 bits per heavy atom. The number of aliphatic hydroxyl groups excluding tert-OH is 5. The molecule has 6 N–H and O–H groups in total. The molecule has 7 unspecified atom stereocenters. The Morgan fingerprint density at radius 1 is 0.623 bits per heavy atom. The fraction of sp³-hybridized carbons (Fsp3) is 0.932. The van der Waals surface area contributed by atoms with Gasteiger partial charge >= 0.3 is 0 Å². The second kappa shape index (κ2) is 35.4. The van der Waals surface area contributed by atoms with E-state index >= 15 is 0 Å². The van der Waals surface area contributed by atoms with Crippen molar-refractivity contribution in [3.8, 4) is 0 Å². The summed E-state index contributed by atoms with van der Waals surface area (Å²) in [6.07, 6.45) is 32.2. The van der Waals surface area contributed by atoms with Crippen LogP contribution in [0.4, 0.5) is 0 Å². The lowest BCUT2D eigenvalue weighted by atomic mass is 9.99. The van der Waals surface area contributed by atoms with E-state index in [0.717, 1.165) is 51.4 Å². The highest BCUT2D eigenvalue weighted by Gasteiger charge is 2.44. The molecule has 1 amide bonds. The summed E-state index contributed by atoms with van der Waals surface area (Å²) in [6, 6.07) is -0.718. The summed E-state index contributed by atoms with van der Waals surface area (Å²) in [6.45, 7) is 3.80. The summed E-state index contributed by atoms with van der Waals surface area (Å²) < 4.78 is 11.2. The van der Waals surface area contributed by atoms with Crippen LogP contribution in [0.5, 0.6) is 0 Å². The van der Waals surface area contributed by atoms with Crippen LogP contribution in [0.1, 0.15) is 206 Å². The Bertz CT molecular complexity index is 842. The van der Waals surface area contributed by atoms with Crippen molar-refractivity contribution in [2.24, 2.45) is 0 Å². The molecule has 0 spiro atoms. The first-order chi connectivity index (χ1) is 25.8. The summed E-state index contributed by atoms with van der Waals surface area (Å²) in [4.78, 5) is 12.9. The van der Waals surface area contributed by atoms with Crippen LogP contribution in [-0.4, -0.2) is 87.5 Å². The molecule has 1 aliphatic rings. The zero-order valence-electron chi connectivity index (χ0n) is 34.3. The van der Waals surface area contributed by atoms with Crippen LogP contribution in [0.25, 0.3) is 0 Å². The predicted molar refractivity (Wildman–Crippen MR) is 217 cm³/mol. The maximum absolute atomic E-state index is 12.9. The van der Waals surface area contributed by atoms with Gasteiger partial charge in [0.1, 0.15) is 24.4 Å². The number of amides is 1. The minimum absolute atomic E-state index is 0.138. The van der Waals surface area contributed by atoms with Crippen LogP contribution in [0, 0.1) is 0 Å². The third kappa shape index (κ3) is 26.4. The molecule has 0 bridgehead atoms. The second-order valence-corrected chi connectivity index (χ2v) is 15.8. The van der Waals surface area contributed by atoms with Crippen molar-refractivity contribution >= 4 is 5.91 Å². The summed E-state index contributed by atoms with van der Waals surface area (Å²) in [5.74, 6) is -0.153. The Balaban J connectivity index is 2.33. The van der Waals surface area contributed by atoms with Crippen molar-refractivity contribution < 1.29 is 39.8 Å². The lowest BCUT2D eigenvalue weighted by Crippen LogP contribution is -2.60. The van der Waals surface area contributed by atoms with Gasteiger partial charge in [-0.2, -0.15) is 0 Å². The van der Waals surface area contributed by atoms with E-state index in [2.05, 4.69) is 31.3 Å². The van der Waals surface area contributed by atoms with Crippen LogP contribution in [-0.2, 0) is 14.3 Å². The summed E-state index contributed by atoms with van der Waals surface area (Å²) in [7, 11) is 0. The monoisotopic (exact) mass is 756 g/mol. The van der Waals surface area contributed by atoms with Crippen LogP contribution in [0.3, 0.4) is 0 Å². The average Bonchev–Trinajstić information content (AvgIpc) is 3.16. The zero-order valence-corrected chi connectivity index (χ0v) is 34.3. The number of hydrogen-bond acceptors (Lipinski definition) is 8. The SMILES string of the molecule is CCCCC/C=C\CCCCCCCC(=O)NC(COC1OC(CO)C(O)C(O)C1O)C(O)CCCCCCCCCCCCCCCCCCCC. The molecule has 1 aliphatic heterocycles. The number of allylic oxidation sites excluding steroid dienone is 2. The Kier molecular flexibility index (Phi) is 33.3. The lowest BCUT2D eigenvalue weighted by molar-refractivity contribution is -0.302. The molecular formula is C44H85NO8. The Hall–Kier alpha value is -1.07. The van der Waals surface area contributed by atoms with Crippen LogP contribution in [0.2, 0.25) is 0 Å². The highest BCUT2D eigenvalue weighted by Crippen LogP contribution is 2.23. The number of carbonyl (C=O) groups is 1. The minimum Gasteiger partial charge on any atom is -0.394 e. The molecule has 1 saturated heterocycles. The standard InChI is InChI=1S/C44H85NO8/c1-3-5-7-9-11-13-15-17-18-19-20-21-22-23-25-27-29-31-33-38(47)37(36-52-44-43(51)42(50)41(49)39(35-46)53-44)45-40(48)34-32-30-28-26-24-16-14-12-10-8-6-4-2/h12,14,37-39,41-44,46-47,49-51H,3-11,13,15-36H2,1-2H3,(H,45,48)/b14-12-. The molecule has 1 rings (SSSR count). The fourth-order valence-corrected chi connectivity index (χ4v) is 7.21. The number of aliphatic hydroxyl groups is 5. The van der Waals surface area contributed by atoms with Crippen molar-refractivity contribution in [3.63, 3.8) is 0 Å². The Morgan fingerprint density at radius 3 is 1.57 bits per heavy atom. The van der Waals surface area contributed by atoms with Crippen molar-refractivity contribution in [2.45, 2.75) is 249 Å². The average molecular weight is 756 g/mol. The first-order valence-corrected chi connectivity index (χ1v) is 22.4. The highest BCUT2D eigenvalue weighted by atomic mass is 16.7. The Labute approximate surface area is 325 Å². The largest absolute Gasteiger partial charge is 0.394 e. The van der Waals surface area contributed by atoms with Gasteiger partial charge in [-0.1, -0.05) is 174 Å². The molecule has 53 heavy (non-hydrogen) atoms. The number of hydrogen-bond donors (Lipinski definition) is 6. The quantitative estimate of drug-likeness (QED) is 0.0272. The summed E-state index contributed by atoms with van der Waals surface area (Å²) in [5, 5.41) is 54.3. The second-order valence-electron chi connectivity index (χ2n) is 15.8. The van der Waals surface area contributed by atoms with Crippen molar-refractivity contribution in [1.82, 2.24) is 5.32 Å². The normalized spacial score (nSPS) is 21.7. The van der Waals surface area contributed by atoms with E-state index in [1.54, 1.807) is 0 Å². The van der Waals surface area contributed by atoms with Crippen LogP contribution < -0.4 is 5.32 Å². The zero-order chi connectivity index (χ0) is 38.8.